The predicted molar refractivity (Wildman–Crippen MR) is 123 cm³/mol. The van der Waals surface area contributed by atoms with Gasteiger partial charge in [0.05, 0.1) is 29.3 Å². The Morgan fingerprint density at radius 3 is 2.16 bits per heavy atom. The normalized spacial score (nSPS) is 21.2. The van der Waals surface area contributed by atoms with Crippen LogP contribution in [0.5, 0.6) is 0 Å². The number of alkyl halides is 6. The minimum atomic E-state index is -4.99. The summed E-state index contributed by atoms with van der Waals surface area (Å²) in [5.74, 6) is 0.000974. The molecule has 0 N–H and O–H groups in total. The molecule has 11 heteroatoms. The van der Waals surface area contributed by atoms with Gasteiger partial charge in [-0.2, -0.15) is 26.3 Å². The molecule has 5 nitrogen and oxygen atoms in total. The summed E-state index contributed by atoms with van der Waals surface area (Å²) in [6.45, 7) is 3.78. The Hall–Kier alpha value is -3.24. The minimum Gasteiger partial charge on any atom is -0.335 e. The minimum absolute atomic E-state index is 0.000974. The van der Waals surface area contributed by atoms with E-state index in [2.05, 4.69) is 0 Å². The van der Waals surface area contributed by atoms with Crippen LogP contribution in [0.3, 0.4) is 0 Å². The van der Waals surface area contributed by atoms with Gasteiger partial charge in [-0.05, 0) is 55.2 Å². The molecule has 0 aromatic heterocycles. The van der Waals surface area contributed by atoms with Crippen molar-refractivity contribution >= 4 is 11.9 Å². The van der Waals surface area contributed by atoms with E-state index in [0.717, 1.165) is 16.0 Å². The zero-order valence-corrected chi connectivity index (χ0v) is 20.5. The molecule has 3 atom stereocenters. The van der Waals surface area contributed by atoms with Crippen molar-refractivity contribution in [3.8, 4) is 0 Å². The molecule has 2 aliphatic rings. The molecule has 2 aromatic rings. The molecule has 2 aliphatic heterocycles. The average Bonchev–Trinajstić information content (AvgIpc) is 3.22. The van der Waals surface area contributed by atoms with E-state index >= 15 is 0 Å². The molecule has 0 radical (unpaired) electrons. The van der Waals surface area contributed by atoms with E-state index < -0.39 is 41.6 Å². The SMILES string of the molecule is Cc1ccccc1C1C2CCC(=O)N2CCN1C(=O)N(C)[C@H](C)c1cc(C(F)(F)F)cc(C(F)(F)F)c1. The maximum Gasteiger partial charge on any atom is 0.416 e. The zero-order chi connectivity index (χ0) is 27.3. The van der Waals surface area contributed by atoms with Gasteiger partial charge in [-0.15, -0.1) is 0 Å². The smallest absolute Gasteiger partial charge is 0.335 e. The molecule has 0 aliphatic carbocycles. The first-order chi connectivity index (χ1) is 17.2. The van der Waals surface area contributed by atoms with Crippen LogP contribution in [0.1, 0.15) is 59.7 Å². The largest absolute Gasteiger partial charge is 0.416 e. The number of rotatable bonds is 3. The standard InChI is InChI=1S/C26H27F6N3O2/c1-15-6-4-5-7-20(15)23-21-8-9-22(36)34(21)10-11-35(23)24(37)33(3)16(2)17-12-18(25(27,28)29)14-19(13-17)26(30,31)32/h4-7,12-14,16,21,23H,8-11H2,1-3H3/t16-,21?,23?/m1/s1. The summed E-state index contributed by atoms with van der Waals surface area (Å²) in [7, 11) is 1.36. The van der Waals surface area contributed by atoms with Gasteiger partial charge < -0.3 is 14.7 Å². The van der Waals surface area contributed by atoms with Crippen molar-refractivity contribution in [2.75, 3.05) is 20.1 Å². The fourth-order valence-electron chi connectivity index (χ4n) is 5.26. The van der Waals surface area contributed by atoms with Crippen LogP contribution >= 0.6 is 0 Å². The second-order valence-corrected chi connectivity index (χ2v) is 9.60. The Labute approximate surface area is 210 Å². The fraction of sp³-hybridized carbons (Fsp3) is 0.462. The van der Waals surface area contributed by atoms with Crippen molar-refractivity contribution in [2.45, 2.75) is 57.2 Å². The quantitative estimate of drug-likeness (QED) is 0.447. The van der Waals surface area contributed by atoms with E-state index in [4.69, 9.17) is 0 Å². The van der Waals surface area contributed by atoms with Crippen LogP contribution in [-0.4, -0.2) is 52.8 Å². The molecule has 0 spiro atoms. The first-order valence-corrected chi connectivity index (χ1v) is 11.9. The van der Waals surface area contributed by atoms with E-state index in [-0.39, 0.29) is 30.1 Å². The third-order valence-electron chi connectivity index (χ3n) is 7.38. The van der Waals surface area contributed by atoms with Crippen molar-refractivity contribution in [3.05, 3.63) is 70.3 Å². The first-order valence-electron chi connectivity index (χ1n) is 11.9. The third kappa shape index (κ3) is 5.13. The van der Waals surface area contributed by atoms with Gasteiger partial charge in [-0.3, -0.25) is 4.79 Å². The number of amides is 3. The van der Waals surface area contributed by atoms with Crippen molar-refractivity contribution in [1.82, 2.24) is 14.7 Å². The molecule has 3 amide bonds. The lowest BCUT2D eigenvalue weighted by Crippen LogP contribution is -2.57. The van der Waals surface area contributed by atoms with Crippen LogP contribution in [0.4, 0.5) is 31.1 Å². The van der Waals surface area contributed by atoms with E-state index in [0.29, 0.717) is 31.5 Å². The molecule has 2 saturated heterocycles. The van der Waals surface area contributed by atoms with Gasteiger partial charge in [0.15, 0.2) is 0 Å². The Morgan fingerprint density at radius 1 is 1.00 bits per heavy atom. The summed E-state index contributed by atoms with van der Waals surface area (Å²) in [4.78, 5) is 30.7. The van der Waals surface area contributed by atoms with Gasteiger partial charge in [0.25, 0.3) is 0 Å². The lowest BCUT2D eigenvalue weighted by molar-refractivity contribution is -0.143. The lowest BCUT2D eigenvalue weighted by Gasteiger charge is -2.47. The van der Waals surface area contributed by atoms with Crippen molar-refractivity contribution in [2.24, 2.45) is 0 Å². The second kappa shape index (κ2) is 9.57. The van der Waals surface area contributed by atoms with Gasteiger partial charge >= 0.3 is 18.4 Å². The molecule has 2 aromatic carbocycles. The molecule has 0 bridgehead atoms. The van der Waals surface area contributed by atoms with E-state index in [1.54, 1.807) is 9.80 Å². The lowest BCUT2D eigenvalue weighted by atomic mass is 9.91. The molecule has 0 saturated carbocycles. The molecule has 200 valence electrons. The number of carbonyl (C=O) groups is 2. The second-order valence-electron chi connectivity index (χ2n) is 9.60. The van der Waals surface area contributed by atoms with Gasteiger partial charge in [-0.1, -0.05) is 24.3 Å². The average molecular weight is 528 g/mol. The number of halogens is 6. The highest BCUT2D eigenvalue weighted by molar-refractivity contribution is 5.81. The number of benzene rings is 2. The number of piperazine rings is 1. The number of aryl methyl sites for hydroxylation is 1. The van der Waals surface area contributed by atoms with Crippen LogP contribution in [0.2, 0.25) is 0 Å². The number of nitrogens with zero attached hydrogens (tertiary/aromatic N) is 3. The van der Waals surface area contributed by atoms with Crippen LogP contribution in [0.25, 0.3) is 0 Å². The van der Waals surface area contributed by atoms with E-state index in [1.807, 2.05) is 31.2 Å². The van der Waals surface area contributed by atoms with E-state index in [9.17, 15) is 35.9 Å². The number of urea groups is 1. The van der Waals surface area contributed by atoms with Crippen LogP contribution in [-0.2, 0) is 17.1 Å². The fourth-order valence-corrected chi connectivity index (χ4v) is 5.26. The molecule has 37 heavy (non-hydrogen) atoms. The number of fused-ring (bicyclic) bond motifs is 1. The Balaban J connectivity index is 1.69. The van der Waals surface area contributed by atoms with Gasteiger partial charge in [-0.25, -0.2) is 4.79 Å². The van der Waals surface area contributed by atoms with Gasteiger partial charge in [0.1, 0.15) is 0 Å². The maximum absolute atomic E-state index is 13.7. The Morgan fingerprint density at radius 2 is 1.59 bits per heavy atom. The van der Waals surface area contributed by atoms with Crippen LogP contribution in [0, 0.1) is 6.92 Å². The number of hydrogen-bond acceptors (Lipinski definition) is 2. The van der Waals surface area contributed by atoms with Crippen LogP contribution in [0.15, 0.2) is 42.5 Å². The third-order valence-corrected chi connectivity index (χ3v) is 7.38. The summed E-state index contributed by atoms with van der Waals surface area (Å²) in [6, 6.07) is 6.44. The summed E-state index contributed by atoms with van der Waals surface area (Å²) < 4.78 is 80.4. The van der Waals surface area contributed by atoms with Gasteiger partial charge in [0, 0.05) is 26.6 Å². The predicted octanol–water partition coefficient (Wildman–Crippen LogP) is 6.19. The highest BCUT2D eigenvalue weighted by atomic mass is 19.4. The summed E-state index contributed by atoms with van der Waals surface area (Å²) in [5.41, 5.74) is -1.38. The molecule has 4 rings (SSSR count). The Kier molecular flexibility index (Phi) is 6.94. The number of hydrogen-bond donors (Lipinski definition) is 0. The van der Waals surface area contributed by atoms with Crippen molar-refractivity contribution in [3.63, 3.8) is 0 Å². The summed E-state index contributed by atoms with van der Waals surface area (Å²) in [6.07, 6.45) is -9.08. The first kappa shape index (κ1) is 26.8. The van der Waals surface area contributed by atoms with Crippen LogP contribution < -0.4 is 0 Å². The maximum atomic E-state index is 13.7. The van der Waals surface area contributed by atoms with E-state index in [1.165, 1.54) is 14.0 Å². The molecule has 2 heterocycles. The molecular weight excluding hydrogens is 500 g/mol. The van der Waals surface area contributed by atoms with Crippen molar-refractivity contribution < 1.29 is 35.9 Å². The zero-order valence-electron chi connectivity index (χ0n) is 20.5. The number of carbonyl (C=O) groups excluding carboxylic acids is 2. The Bertz CT molecular complexity index is 1160. The molecular formula is C26H27F6N3O2. The monoisotopic (exact) mass is 527 g/mol. The van der Waals surface area contributed by atoms with Crippen molar-refractivity contribution in [1.29, 1.82) is 0 Å². The summed E-state index contributed by atoms with van der Waals surface area (Å²) in [5, 5.41) is 0. The summed E-state index contributed by atoms with van der Waals surface area (Å²) >= 11 is 0. The highest BCUT2D eigenvalue weighted by Gasteiger charge is 2.46. The molecule has 2 unspecified atom stereocenters. The highest BCUT2D eigenvalue weighted by Crippen LogP contribution is 2.41. The molecule has 2 fully saturated rings. The topological polar surface area (TPSA) is 43.9 Å². The van der Waals surface area contributed by atoms with Gasteiger partial charge in [0.2, 0.25) is 5.91 Å².